The normalized spacial score (nSPS) is 34.5. The van der Waals surface area contributed by atoms with Crippen LogP contribution in [0.1, 0.15) is 74.1 Å². The van der Waals surface area contributed by atoms with E-state index in [1.54, 1.807) is 16.7 Å². The predicted octanol–water partition coefficient (Wildman–Crippen LogP) is 6.13. The largest absolute Gasteiger partial charge is 0.0795 e. The first-order valence-corrected chi connectivity index (χ1v) is 9.42. The second kappa shape index (κ2) is 5.55. The first kappa shape index (κ1) is 14.5. The maximum absolute atomic E-state index is 2.53. The zero-order chi connectivity index (χ0) is 15.3. The van der Waals surface area contributed by atoms with E-state index in [0.717, 1.165) is 36.0 Å². The molecule has 3 aliphatic rings. The number of benzene rings is 1. The van der Waals surface area contributed by atoms with Gasteiger partial charge in [-0.15, -0.1) is 0 Å². The summed E-state index contributed by atoms with van der Waals surface area (Å²) in [6, 6.07) is 4.72. The summed E-state index contributed by atoms with van der Waals surface area (Å²) in [5, 5.41) is 0. The number of hydrogen-bond donors (Lipinski definition) is 0. The molecule has 0 amide bonds. The smallest absolute Gasteiger partial charge is 0.00881 e. The quantitative estimate of drug-likeness (QED) is 0.615. The van der Waals surface area contributed by atoms with Gasteiger partial charge in [0.2, 0.25) is 0 Å². The third-order valence-corrected chi connectivity index (χ3v) is 6.91. The molecule has 1 aromatic carbocycles. The monoisotopic (exact) mass is 294 g/mol. The van der Waals surface area contributed by atoms with Crippen LogP contribution >= 0.6 is 0 Å². The molecular weight excluding hydrogens is 264 g/mol. The summed E-state index contributed by atoms with van der Waals surface area (Å²) in [4.78, 5) is 0. The number of aryl methyl sites for hydroxylation is 1. The Balaban J connectivity index is 1.66. The van der Waals surface area contributed by atoms with Crippen molar-refractivity contribution in [3.05, 3.63) is 40.5 Å². The Kier molecular flexibility index (Phi) is 3.67. The number of allylic oxidation sites excluding steroid dienone is 1. The van der Waals surface area contributed by atoms with Crippen LogP contribution in [0.2, 0.25) is 0 Å². The van der Waals surface area contributed by atoms with Gasteiger partial charge < -0.3 is 0 Å². The highest BCUT2D eigenvalue weighted by Crippen LogP contribution is 2.51. The highest BCUT2D eigenvalue weighted by molar-refractivity contribution is 5.65. The van der Waals surface area contributed by atoms with Crippen LogP contribution in [0.4, 0.5) is 0 Å². The Bertz CT molecular complexity index is 592. The van der Waals surface area contributed by atoms with Gasteiger partial charge in [-0.2, -0.15) is 0 Å². The van der Waals surface area contributed by atoms with E-state index in [4.69, 9.17) is 0 Å². The van der Waals surface area contributed by atoms with Crippen LogP contribution in [0.5, 0.6) is 0 Å². The van der Waals surface area contributed by atoms with Gasteiger partial charge in [0.25, 0.3) is 0 Å². The average molecular weight is 294 g/mol. The minimum Gasteiger partial charge on any atom is -0.0795 e. The van der Waals surface area contributed by atoms with E-state index in [1.165, 1.54) is 37.7 Å². The molecule has 118 valence electrons. The van der Waals surface area contributed by atoms with E-state index >= 15 is 0 Å². The van der Waals surface area contributed by atoms with Gasteiger partial charge in [0, 0.05) is 0 Å². The summed E-state index contributed by atoms with van der Waals surface area (Å²) < 4.78 is 0. The Morgan fingerprint density at radius 1 is 1.09 bits per heavy atom. The van der Waals surface area contributed by atoms with Crippen LogP contribution in [0.15, 0.2) is 18.2 Å². The molecule has 0 aliphatic heterocycles. The van der Waals surface area contributed by atoms with Gasteiger partial charge in [0.05, 0.1) is 0 Å². The number of fused-ring (bicyclic) bond motifs is 3. The van der Waals surface area contributed by atoms with Crippen LogP contribution in [-0.2, 0) is 6.42 Å². The molecule has 0 saturated heterocycles. The first-order valence-electron chi connectivity index (χ1n) is 9.42. The molecule has 0 heteroatoms. The summed E-state index contributed by atoms with van der Waals surface area (Å²) in [6.45, 7) is 7.34. The standard InChI is InChI=1S/C22H30/c1-14-11-17-8-10-20(19(12-14)13-17)16(3)22-15(2)7-9-18-5-4-6-21(18)22/h4,6-7,9,14,16-17,19-20H,5,8,10-13H2,1-3H3/t14-,16+,17-,19?,20+/m0/s1. The predicted molar refractivity (Wildman–Crippen MR) is 95.1 cm³/mol. The average Bonchev–Trinajstić information content (AvgIpc) is 2.94. The SMILES string of the molecule is Cc1ccc2c(c1[C@H](C)[C@H]1CC[C@@H]3CC1C[C@@H](C)C3)C=CC2. The lowest BCUT2D eigenvalue weighted by atomic mass is 9.60. The fraction of sp³-hybridized carbons (Fsp3) is 0.636. The van der Waals surface area contributed by atoms with Gasteiger partial charge in [-0.3, -0.25) is 0 Å². The maximum Gasteiger partial charge on any atom is -0.00881 e. The van der Waals surface area contributed by atoms with Gasteiger partial charge in [-0.25, -0.2) is 0 Å². The van der Waals surface area contributed by atoms with Crippen molar-refractivity contribution in [3.8, 4) is 0 Å². The molecule has 3 aliphatic carbocycles. The second-order valence-corrected chi connectivity index (χ2v) is 8.44. The van der Waals surface area contributed by atoms with Crippen molar-refractivity contribution in [1.29, 1.82) is 0 Å². The van der Waals surface area contributed by atoms with Crippen molar-refractivity contribution in [2.45, 2.75) is 65.2 Å². The van der Waals surface area contributed by atoms with Crippen molar-refractivity contribution >= 4 is 6.08 Å². The van der Waals surface area contributed by atoms with Gasteiger partial charge >= 0.3 is 0 Å². The van der Waals surface area contributed by atoms with Gasteiger partial charge in [0.15, 0.2) is 0 Å². The molecule has 22 heavy (non-hydrogen) atoms. The van der Waals surface area contributed by atoms with Crippen LogP contribution in [-0.4, -0.2) is 0 Å². The van der Waals surface area contributed by atoms with E-state index in [2.05, 4.69) is 45.1 Å². The third-order valence-electron chi connectivity index (χ3n) is 6.91. The zero-order valence-electron chi connectivity index (χ0n) is 14.4. The van der Waals surface area contributed by atoms with Crippen molar-refractivity contribution in [2.24, 2.45) is 23.7 Å². The molecule has 0 N–H and O–H groups in total. The summed E-state index contributed by atoms with van der Waals surface area (Å²) >= 11 is 0. The molecule has 0 spiro atoms. The molecule has 1 aromatic rings. The lowest BCUT2D eigenvalue weighted by Crippen LogP contribution is -2.34. The van der Waals surface area contributed by atoms with E-state index in [-0.39, 0.29) is 0 Å². The molecule has 2 saturated carbocycles. The Morgan fingerprint density at radius 3 is 2.82 bits per heavy atom. The van der Waals surface area contributed by atoms with E-state index in [9.17, 15) is 0 Å². The fourth-order valence-corrected chi connectivity index (χ4v) is 6.00. The molecular formula is C22H30. The van der Waals surface area contributed by atoms with E-state index in [0.29, 0.717) is 0 Å². The Morgan fingerprint density at radius 2 is 1.95 bits per heavy atom. The van der Waals surface area contributed by atoms with Gasteiger partial charge in [-0.05, 0) is 90.9 Å². The molecule has 0 radical (unpaired) electrons. The molecule has 4 rings (SSSR count). The summed E-state index contributed by atoms with van der Waals surface area (Å²) in [6.07, 6.45) is 13.3. The molecule has 0 nitrogen and oxygen atoms in total. The Hall–Kier alpha value is -1.04. The molecule has 1 unspecified atom stereocenters. The minimum absolute atomic E-state index is 0.731. The molecule has 2 fully saturated rings. The van der Waals surface area contributed by atoms with Crippen molar-refractivity contribution in [2.75, 3.05) is 0 Å². The lowest BCUT2D eigenvalue weighted by Gasteiger charge is -2.45. The molecule has 2 bridgehead atoms. The van der Waals surface area contributed by atoms with Crippen molar-refractivity contribution < 1.29 is 0 Å². The minimum atomic E-state index is 0.731. The van der Waals surface area contributed by atoms with Crippen LogP contribution < -0.4 is 0 Å². The lowest BCUT2D eigenvalue weighted by molar-refractivity contribution is 0.0768. The molecule has 5 atom stereocenters. The van der Waals surface area contributed by atoms with Crippen LogP contribution in [0, 0.1) is 30.6 Å². The van der Waals surface area contributed by atoms with Crippen LogP contribution in [0.3, 0.4) is 0 Å². The highest BCUT2D eigenvalue weighted by atomic mass is 14.4. The maximum atomic E-state index is 2.53. The summed E-state index contributed by atoms with van der Waals surface area (Å²) in [5.41, 5.74) is 6.31. The van der Waals surface area contributed by atoms with Crippen molar-refractivity contribution in [1.82, 2.24) is 0 Å². The molecule has 0 heterocycles. The summed E-state index contributed by atoms with van der Waals surface area (Å²) in [7, 11) is 0. The third kappa shape index (κ3) is 2.36. The van der Waals surface area contributed by atoms with Crippen LogP contribution in [0.25, 0.3) is 6.08 Å². The highest BCUT2D eigenvalue weighted by Gasteiger charge is 2.39. The van der Waals surface area contributed by atoms with Crippen molar-refractivity contribution in [3.63, 3.8) is 0 Å². The number of rotatable bonds is 2. The second-order valence-electron chi connectivity index (χ2n) is 8.44. The zero-order valence-corrected chi connectivity index (χ0v) is 14.4. The van der Waals surface area contributed by atoms with E-state index in [1.807, 2.05) is 0 Å². The topological polar surface area (TPSA) is 0 Å². The number of hydrogen-bond acceptors (Lipinski definition) is 0. The summed E-state index contributed by atoms with van der Waals surface area (Å²) in [5.74, 6) is 4.63. The Labute approximate surface area is 136 Å². The fourth-order valence-electron chi connectivity index (χ4n) is 6.00. The first-order chi connectivity index (χ1) is 10.6. The van der Waals surface area contributed by atoms with Gasteiger partial charge in [-0.1, -0.05) is 44.6 Å². The van der Waals surface area contributed by atoms with Gasteiger partial charge in [0.1, 0.15) is 0 Å². The molecule has 0 aromatic heterocycles. The van der Waals surface area contributed by atoms with E-state index < -0.39 is 0 Å².